The lowest BCUT2D eigenvalue weighted by Gasteiger charge is -2.22. The molecular weight excluding hydrogens is 188 g/mol. The van der Waals surface area contributed by atoms with Gasteiger partial charge in [0, 0.05) is 6.54 Å². The minimum Gasteiger partial charge on any atom is -0.228 e. The number of hydrogen-bond acceptors (Lipinski definition) is 3. The summed E-state index contributed by atoms with van der Waals surface area (Å²) >= 11 is 5.68. The fraction of sp³-hybridized carbons (Fsp3) is 0.875. The molecule has 1 aromatic heterocycles. The van der Waals surface area contributed by atoms with E-state index in [4.69, 9.17) is 11.6 Å². The van der Waals surface area contributed by atoms with Crippen molar-refractivity contribution in [1.82, 2.24) is 20.2 Å². The summed E-state index contributed by atoms with van der Waals surface area (Å²) in [5.74, 6) is 1.11. The molecule has 0 saturated heterocycles. The predicted octanol–water partition coefficient (Wildman–Crippen LogP) is 1.85. The molecule has 0 atom stereocenters. The lowest BCUT2D eigenvalue weighted by molar-refractivity contribution is 0.274. The number of tetrazole rings is 1. The molecule has 1 rings (SSSR count). The van der Waals surface area contributed by atoms with Gasteiger partial charge in [0.05, 0.1) is 5.88 Å². The van der Waals surface area contributed by atoms with Crippen LogP contribution in [0.1, 0.15) is 33.0 Å². The lowest BCUT2D eigenvalue weighted by atomic mass is 9.90. The molecule has 0 aromatic carbocycles. The Balaban J connectivity index is 2.73. The minimum atomic E-state index is 0.218. The molecule has 5 heteroatoms. The average Bonchev–Trinajstić information content (AvgIpc) is 2.51. The van der Waals surface area contributed by atoms with Gasteiger partial charge in [0.1, 0.15) is 0 Å². The largest absolute Gasteiger partial charge is 0.228 e. The summed E-state index contributed by atoms with van der Waals surface area (Å²) < 4.78 is 1.77. The highest BCUT2D eigenvalue weighted by atomic mass is 35.5. The van der Waals surface area contributed by atoms with Gasteiger partial charge >= 0.3 is 0 Å². The third kappa shape index (κ3) is 2.66. The molecule has 1 heterocycles. The smallest absolute Gasteiger partial charge is 0.166 e. The van der Waals surface area contributed by atoms with Gasteiger partial charge in [-0.3, -0.25) is 0 Å². The number of alkyl halides is 1. The highest BCUT2D eigenvalue weighted by molar-refractivity contribution is 6.16. The average molecular weight is 203 g/mol. The van der Waals surface area contributed by atoms with E-state index in [1.807, 2.05) is 0 Å². The zero-order valence-electron chi connectivity index (χ0n) is 8.29. The number of rotatable bonds is 4. The minimum absolute atomic E-state index is 0.218. The second-order valence-electron chi connectivity index (χ2n) is 3.90. The summed E-state index contributed by atoms with van der Waals surface area (Å²) in [6.07, 6.45) is 1.09. The Kier molecular flexibility index (Phi) is 3.25. The molecule has 0 unspecified atom stereocenters. The predicted molar refractivity (Wildman–Crippen MR) is 51.4 cm³/mol. The molecule has 0 aliphatic carbocycles. The Hall–Kier alpha value is -0.640. The second kappa shape index (κ2) is 4.05. The van der Waals surface area contributed by atoms with Crippen LogP contribution in [-0.4, -0.2) is 20.2 Å². The summed E-state index contributed by atoms with van der Waals surface area (Å²) in [6.45, 7) is 7.35. The number of aromatic nitrogens is 4. The van der Waals surface area contributed by atoms with E-state index >= 15 is 0 Å². The van der Waals surface area contributed by atoms with Gasteiger partial charge < -0.3 is 0 Å². The highest BCUT2D eigenvalue weighted by Crippen LogP contribution is 2.22. The van der Waals surface area contributed by atoms with Crippen molar-refractivity contribution in [3.63, 3.8) is 0 Å². The first kappa shape index (κ1) is 10.4. The zero-order chi connectivity index (χ0) is 9.90. The topological polar surface area (TPSA) is 43.6 Å². The van der Waals surface area contributed by atoms with Gasteiger partial charge in [0.2, 0.25) is 0 Å². The van der Waals surface area contributed by atoms with Crippen LogP contribution >= 0.6 is 11.6 Å². The van der Waals surface area contributed by atoms with Crippen LogP contribution in [0.2, 0.25) is 0 Å². The number of hydrogen-bond donors (Lipinski definition) is 0. The van der Waals surface area contributed by atoms with Crippen LogP contribution in [0.25, 0.3) is 0 Å². The summed E-state index contributed by atoms with van der Waals surface area (Å²) in [6, 6.07) is 0. The van der Waals surface area contributed by atoms with Gasteiger partial charge in [0.15, 0.2) is 5.82 Å². The Morgan fingerprint density at radius 2 is 2.15 bits per heavy atom. The maximum absolute atomic E-state index is 5.68. The Morgan fingerprint density at radius 1 is 1.46 bits per heavy atom. The summed E-state index contributed by atoms with van der Waals surface area (Å²) in [7, 11) is 0. The second-order valence-corrected chi connectivity index (χ2v) is 4.17. The monoisotopic (exact) mass is 202 g/mol. The highest BCUT2D eigenvalue weighted by Gasteiger charge is 2.18. The van der Waals surface area contributed by atoms with E-state index in [1.54, 1.807) is 4.68 Å². The summed E-state index contributed by atoms with van der Waals surface area (Å²) in [5, 5.41) is 11.3. The van der Waals surface area contributed by atoms with Crippen molar-refractivity contribution < 1.29 is 0 Å². The van der Waals surface area contributed by atoms with Gasteiger partial charge in [-0.1, -0.05) is 20.8 Å². The fourth-order valence-electron chi connectivity index (χ4n) is 0.959. The zero-order valence-corrected chi connectivity index (χ0v) is 9.04. The van der Waals surface area contributed by atoms with E-state index in [9.17, 15) is 0 Å². The molecule has 4 nitrogen and oxygen atoms in total. The van der Waals surface area contributed by atoms with Crippen LogP contribution in [-0.2, 0) is 12.4 Å². The maximum atomic E-state index is 5.68. The van der Waals surface area contributed by atoms with Gasteiger partial charge in [-0.25, -0.2) is 4.68 Å². The van der Waals surface area contributed by atoms with Crippen LogP contribution in [0.15, 0.2) is 0 Å². The standard InChI is InChI=1S/C8H15ClN4/c1-4-8(2,3)6-13-7(5-9)10-11-12-13/h4-6H2,1-3H3. The van der Waals surface area contributed by atoms with Crippen LogP contribution in [0.4, 0.5) is 0 Å². The Morgan fingerprint density at radius 3 is 2.69 bits per heavy atom. The Labute approximate surface area is 83.3 Å². The molecule has 0 bridgehead atoms. The van der Waals surface area contributed by atoms with Crippen molar-refractivity contribution in [3.05, 3.63) is 5.82 Å². The van der Waals surface area contributed by atoms with Gasteiger partial charge in [-0.2, -0.15) is 0 Å². The van der Waals surface area contributed by atoms with Gasteiger partial charge in [-0.15, -0.1) is 16.7 Å². The molecule has 0 N–H and O–H groups in total. The van der Waals surface area contributed by atoms with E-state index in [2.05, 4.69) is 36.3 Å². The van der Waals surface area contributed by atoms with Crippen molar-refractivity contribution in [2.45, 2.75) is 39.6 Å². The van der Waals surface area contributed by atoms with E-state index in [-0.39, 0.29) is 5.41 Å². The van der Waals surface area contributed by atoms with E-state index in [0.29, 0.717) is 5.88 Å². The molecule has 0 spiro atoms. The SMILES string of the molecule is CCC(C)(C)Cn1nnnc1CCl. The van der Waals surface area contributed by atoms with Crippen LogP contribution < -0.4 is 0 Å². The third-order valence-electron chi connectivity index (χ3n) is 2.26. The van der Waals surface area contributed by atoms with E-state index in [1.165, 1.54) is 0 Å². The number of nitrogens with zero attached hydrogens (tertiary/aromatic N) is 4. The fourth-order valence-corrected chi connectivity index (χ4v) is 1.15. The summed E-state index contributed by atoms with van der Waals surface area (Å²) in [4.78, 5) is 0. The molecule has 0 amide bonds. The third-order valence-corrected chi connectivity index (χ3v) is 2.50. The Bertz CT molecular complexity index is 269. The van der Waals surface area contributed by atoms with Crippen molar-refractivity contribution in [2.24, 2.45) is 5.41 Å². The molecular formula is C8H15ClN4. The molecule has 0 radical (unpaired) electrons. The first-order chi connectivity index (χ1) is 6.09. The quantitative estimate of drug-likeness (QED) is 0.700. The van der Waals surface area contributed by atoms with Crippen molar-refractivity contribution in [2.75, 3.05) is 0 Å². The van der Waals surface area contributed by atoms with Crippen LogP contribution in [0.5, 0.6) is 0 Å². The molecule has 0 saturated carbocycles. The van der Waals surface area contributed by atoms with Crippen molar-refractivity contribution >= 4 is 11.6 Å². The van der Waals surface area contributed by atoms with Gasteiger partial charge in [-0.05, 0) is 22.3 Å². The molecule has 0 fully saturated rings. The molecule has 13 heavy (non-hydrogen) atoms. The first-order valence-corrected chi connectivity index (χ1v) is 4.93. The maximum Gasteiger partial charge on any atom is 0.166 e. The van der Waals surface area contributed by atoms with Crippen molar-refractivity contribution in [3.8, 4) is 0 Å². The van der Waals surface area contributed by atoms with Crippen LogP contribution in [0.3, 0.4) is 0 Å². The molecule has 0 aliphatic rings. The van der Waals surface area contributed by atoms with E-state index in [0.717, 1.165) is 18.8 Å². The number of halogens is 1. The van der Waals surface area contributed by atoms with E-state index < -0.39 is 0 Å². The molecule has 74 valence electrons. The lowest BCUT2D eigenvalue weighted by Crippen LogP contribution is -2.21. The summed E-state index contributed by atoms with van der Waals surface area (Å²) in [5.41, 5.74) is 0.218. The normalized spacial score (nSPS) is 12.0. The molecule has 0 aliphatic heterocycles. The molecule has 1 aromatic rings. The van der Waals surface area contributed by atoms with Gasteiger partial charge in [0.25, 0.3) is 0 Å². The first-order valence-electron chi connectivity index (χ1n) is 4.40. The van der Waals surface area contributed by atoms with Crippen LogP contribution in [0, 0.1) is 5.41 Å². The van der Waals surface area contributed by atoms with Crippen molar-refractivity contribution in [1.29, 1.82) is 0 Å².